The van der Waals surface area contributed by atoms with Gasteiger partial charge in [0.25, 0.3) is 0 Å². The molecule has 1 amide bonds. The average molecular weight is 344 g/mol. The maximum atomic E-state index is 12.1. The van der Waals surface area contributed by atoms with Gasteiger partial charge in [-0.2, -0.15) is 0 Å². The van der Waals surface area contributed by atoms with E-state index in [1.54, 1.807) is 4.90 Å². The first-order valence-electron chi connectivity index (χ1n) is 8.38. The number of anilines is 1. The molecule has 0 saturated carbocycles. The second kappa shape index (κ2) is 6.35. The van der Waals surface area contributed by atoms with Crippen LogP contribution in [0.2, 0.25) is 0 Å². The van der Waals surface area contributed by atoms with Crippen molar-refractivity contribution in [1.82, 2.24) is 4.90 Å². The summed E-state index contributed by atoms with van der Waals surface area (Å²) in [5.74, 6) is 1.17. The number of nitrogens with zero attached hydrogens (tertiary/aromatic N) is 2. The Labute approximate surface area is 147 Å². The van der Waals surface area contributed by atoms with Crippen LogP contribution >= 0.6 is 0 Å². The minimum Gasteiger partial charge on any atom is -0.507 e. The van der Waals surface area contributed by atoms with E-state index in [0.717, 1.165) is 5.69 Å². The van der Waals surface area contributed by atoms with Gasteiger partial charge in [-0.3, -0.25) is 0 Å². The molecule has 0 radical (unpaired) electrons. The highest BCUT2D eigenvalue weighted by Gasteiger charge is 2.26. The number of ether oxygens (including phenoxy) is 2. The van der Waals surface area contributed by atoms with Gasteiger partial charge in [-0.15, -0.1) is 0 Å². The number of carbonyl (C=O) groups is 1. The molecule has 134 valence electrons. The Kier molecular flexibility index (Phi) is 4.37. The van der Waals surface area contributed by atoms with Gasteiger partial charge in [0.2, 0.25) is 0 Å². The second-order valence-electron chi connectivity index (χ2n) is 7.23. The van der Waals surface area contributed by atoms with Crippen LogP contribution in [0.25, 0.3) is 5.76 Å². The fourth-order valence-electron chi connectivity index (χ4n) is 2.88. The van der Waals surface area contributed by atoms with Crippen molar-refractivity contribution < 1.29 is 19.4 Å². The molecule has 1 saturated heterocycles. The molecule has 0 bridgehead atoms. The van der Waals surface area contributed by atoms with E-state index in [9.17, 15) is 9.90 Å². The van der Waals surface area contributed by atoms with Crippen molar-refractivity contribution in [3.05, 3.63) is 42.2 Å². The molecule has 2 heterocycles. The van der Waals surface area contributed by atoms with Crippen molar-refractivity contribution in [1.29, 1.82) is 0 Å². The van der Waals surface area contributed by atoms with Crippen LogP contribution in [0.1, 0.15) is 26.3 Å². The Hall–Kier alpha value is -2.63. The quantitative estimate of drug-likeness (QED) is 0.844. The lowest BCUT2D eigenvalue weighted by atomic mass is 10.1. The Balaban J connectivity index is 1.66. The first-order valence-corrected chi connectivity index (χ1v) is 8.38. The number of hydrogen-bond acceptors (Lipinski definition) is 5. The van der Waals surface area contributed by atoms with Gasteiger partial charge >= 0.3 is 6.09 Å². The molecule has 25 heavy (non-hydrogen) atoms. The summed E-state index contributed by atoms with van der Waals surface area (Å²) < 4.78 is 11.0. The lowest BCUT2D eigenvalue weighted by Gasteiger charge is -2.37. The number of hydrogen-bond donors (Lipinski definition) is 1. The molecule has 2 aliphatic heterocycles. The first kappa shape index (κ1) is 17.2. The summed E-state index contributed by atoms with van der Waals surface area (Å²) in [5, 5.41) is 9.97. The molecule has 3 rings (SSSR count). The van der Waals surface area contributed by atoms with Crippen molar-refractivity contribution in [2.24, 2.45) is 0 Å². The van der Waals surface area contributed by atoms with Crippen LogP contribution in [-0.2, 0) is 4.74 Å². The number of rotatable bonds is 1. The molecule has 0 aliphatic carbocycles. The zero-order valence-electron chi connectivity index (χ0n) is 14.9. The third kappa shape index (κ3) is 3.90. The summed E-state index contributed by atoms with van der Waals surface area (Å²) in [7, 11) is 0. The van der Waals surface area contributed by atoms with Crippen LogP contribution in [0.3, 0.4) is 0 Å². The van der Waals surface area contributed by atoms with Gasteiger partial charge in [0.05, 0.1) is 5.56 Å². The zero-order valence-corrected chi connectivity index (χ0v) is 14.9. The van der Waals surface area contributed by atoms with Gasteiger partial charge in [-0.1, -0.05) is 6.58 Å². The van der Waals surface area contributed by atoms with Gasteiger partial charge in [-0.05, 0) is 32.9 Å². The van der Waals surface area contributed by atoms with Crippen LogP contribution in [0.15, 0.2) is 36.6 Å². The standard InChI is InChI=1S/C19H24N2O4/c1-13-11-16(22)15-6-5-14(12-17(15)24-13)20-7-9-21(10-8-20)18(23)25-19(2,3)4/h5-6,11-12,22H,1,7-10H2,2-4H3. The molecule has 1 aromatic rings. The van der Waals surface area contributed by atoms with Crippen LogP contribution in [-0.4, -0.2) is 47.9 Å². The number of allylic oxidation sites excluding steroid dienone is 1. The number of carbonyl (C=O) groups excluding carboxylic acids is 1. The van der Waals surface area contributed by atoms with Gasteiger partial charge in [0, 0.05) is 44.0 Å². The van der Waals surface area contributed by atoms with E-state index < -0.39 is 5.60 Å². The van der Waals surface area contributed by atoms with E-state index in [1.165, 1.54) is 6.08 Å². The van der Waals surface area contributed by atoms with E-state index in [1.807, 2.05) is 39.0 Å². The van der Waals surface area contributed by atoms with E-state index in [4.69, 9.17) is 9.47 Å². The Morgan fingerprint density at radius 1 is 1.24 bits per heavy atom. The first-order chi connectivity index (χ1) is 11.7. The lowest BCUT2D eigenvalue weighted by Crippen LogP contribution is -2.50. The third-order valence-electron chi connectivity index (χ3n) is 4.08. The van der Waals surface area contributed by atoms with Crippen molar-refractivity contribution >= 4 is 17.5 Å². The molecule has 6 heteroatoms. The second-order valence-corrected chi connectivity index (χ2v) is 7.23. The summed E-state index contributed by atoms with van der Waals surface area (Å²) in [6, 6.07) is 5.68. The van der Waals surface area contributed by atoms with Crippen LogP contribution < -0.4 is 9.64 Å². The van der Waals surface area contributed by atoms with Gasteiger partial charge in [0.1, 0.15) is 22.9 Å². The smallest absolute Gasteiger partial charge is 0.410 e. The normalized spacial score (nSPS) is 17.6. The average Bonchev–Trinajstić information content (AvgIpc) is 2.52. The highest BCUT2D eigenvalue weighted by atomic mass is 16.6. The Morgan fingerprint density at radius 2 is 1.92 bits per heavy atom. The van der Waals surface area contributed by atoms with Gasteiger partial charge in [-0.25, -0.2) is 4.79 Å². The summed E-state index contributed by atoms with van der Waals surface area (Å²) >= 11 is 0. The summed E-state index contributed by atoms with van der Waals surface area (Å²) in [6.07, 6.45) is 1.23. The number of aliphatic hydroxyl groups is 1. The van der Waals surface area contributed by atoms with Crippen LogP contribution in [0.4, 0.5) is 10.5 Å². The molecule has 1 fully saturated rings. The fraction of sp³-hybridized carbons (Fsp3) is 0.421. The summed E-state index contributed by atoms with van der Waals surface area (Å²) in [5.41, 5.74) is 1.16. The Morgan fingerprint density at radius 3 is 2.56 bits per heavy atom. The van der Waals surface area contributed by atoms with Gasteiger partial charge in [0.15, 0.2) is 0 Å². The van der Waals surface area contributed by atoms with E-state index in [2.05, 4.69) is 11.5 Å². The van der Waals surface area contributed by atoms with Crippen LogP contribution in [0.5, 0.6) is 5.75 Å². The zero-order chi connectivity index (χ0) is 18.2. The van der Waals surface area contributed by atoms with Crippen molar-refractivity contribution in [3.63, 3.8) is 0 Å². The molecular weight excluding hydrogens is 320 g/mol. The minimum absolute atomic E-state index is 0.160. The molecular formula is C19H24N2O4. The number of piperazine rings is 1. The predicted octanol–water partition coefficient (Wildman–Crippen LogP) is 3.55. The topological polar surface area (TPSA) is 62.2 Å². The van der Waals surface area contributed by atoms with Crippen molar-refractivity contribution in [2.45, 2.75) is 26.4 Å². The molecule has 0 spiro atoms. The highest BCUT2D eigenvalue weighted by Crippen LogP contribution is 2.35. The van der Waals surface area contributed by atoms with E-state index >= 15 is 0 Å². The molecule has 1 aromatic carbocycles. The lowest BCUT2D eigenvalue weighted by molar-refractivity contribution is 0.0240. The fourth-order valence-corrected chi connectivity index (χ4v) is 2.88. The monoisotopic (exact) mass is 344 g/mol. The number of fused-ring (bicyclic) bond motifs is 1. The van der Waals surface area contributed by atoms with Crippen molar-refractivity contribution in [2.75, 3.05) is 31.1 Å². The van der Waals surface area contributed by atoms with E-state index in [0.29, 0.717) is 43.3 Å². The maximum Gasteiger partial charge on any atom is 0.410 e. The number of benzene rings is 1. The van der Waals surface area contributed by atoms with Crippen molar-refractivity contribution in [3.8, 4) is 5.75 Å². The minimum atomic E-state index is -0.484. The molecule has 6 nitrogen and oxygen atoms in total. The molecule has 0 atom stereocenters. The van der Waals surface area contributed by atoms with Crippen LogP contribution in [0, 0.1) is 0 Å². The third-order valence-corrected chi connectivity index (χ3v) is 4.08. The Bertz CT molecular complexity index is 725. The molecule has 0 unspecified atom stereocenters. The molecule has 1 N–H and O–H groups in total. The van der Waals surface area contributed by atoms with E-state index in [-0.39, 0.29) is 11.9 Å². The highest BCUT2D eigenvalue weighted by molar-refractivity contribution is 5.73. The SMILES string of the molecule is C=C1C=C(O)c2ccc(N3CCN(C(=O)OC(C)(C)C)CC3)cc2O1. The number of amides is 1. The van der Waals surface area contributed by atoms with Gasteiger partial charge < -0.3 is 24.4 Å². The molecule has 0 aromatic heterocycles. The predicted molar refractivity (Wildman–Crippen MR) is 96.8 cm³/mol. The molecule has 2 aliphatic rings. The summed E-state index contributed by atoms with van der Waals surface area (Å²) in [4.78, 5) is 16.1. The summed E-state index contributed by atoms with van der Waals surface area (Å²) in [6.45, 7) is 12.0. The largest absolute Gasteiger partial charge is 0.507 e. The maximum absolute atomic E-state index is 12.1. The number of aliphatic hydroxyl groups excluding tert-OH is 1.